The molecule has 1 aromatic carbocycles. The van der Waals surface area contributed by atoms with E-state index in [1.807, 2.05) is 30.3 Å². The zero-order valence-corrected chi connectivity index (χ0v) is 9.59. The molecule has 1 aromatic heterocycles. The molecule has 0 aliphatic heterocycles. The van der Waals surface area contributed by atoms with Gasteiger partial charge in [-0.15, -0.1) is 0 Å². The summed E-state index contributed by atoms with van der Waals surface area (Å²) in [6, 6.07) is 9.40. The van der Waals surface area contributed by atoms with Gasteiger partial charge in [0, 0.05) is 0 Å². The summed E-state index contributed by atoms with van der Waals surface area (Å²) in [6.45, 7) is 0.202. The maximum atomic E-state index is 11.6. The van der Waals surface area contributed by atoms with Crippen molar-refractivity contribution in [3.8, 4) is 0 Å². The lowest BCUT2D eigenvalue weighted by molar-refractivity contribution is 0.0465. The van der Waals surface area contributed by atoms with E-state index in [1.165, 1.54) is 12.4 Å². The van der Waals surface area contributed by atoms with Gasteiger partial charge in [-0.05, 0) is 5.56 Å². The van der Waals surface area contributed by atoms with Crippen LogP contribution in [0.2, 0.25) is 5.15 Å². The molecule has 0 N–H and O–H groups in total. The number of carbonyl (C=O) groups excluding carboxylic acids is 1. The molecule has 2 aromatic rings. The highest BCUT2D eigenvalue weighted by Crippen LogP contribution is 2.06. The summed E-state index contributed by atoms with van der Waals surface area (Å²) in [6.07, 6.45) is 2.68. The van der Waals surface area contributed by atoms with Crippen LogP contribution in [-0.4, -0.2) is 15.9 Å². The van der Waals surface area contributed by atoms with E-state index in [2.05, 4.69) is 9.97 Å². The summed E-state index contributed by atoms with van der Waals surface area (Å²) in [7, 11) is 0. The summed E-state index contributed by atoms with van der Waals surface area (Å²) in [5.41, 5.74) is 1.02. The molecule has 4 nitrogen and oxygen atoms in total. The molecule has 86 valence electrons. The van der Waals surface area contributed by atoms with Gasteiger partial charge in [-0.2, -0.15) is 0 Å². The highest BCUT2D eigenvalue weighted by atomic mass is 35.5. The number of ether oxygens (including phenoxy) is 1. The zero-order chi connectivity index (χ0) is 12.1. The van der Waals surface area contributed by atoms with Crippen molar-refractivity contribution in [2.24, 2.45) is 0 Å². The van der Waals surface area contributed by atoms with Crippen LogP contribution in [0.1, 0.15) is 16.1 Å². The molecule has 1 heterocycles. The van der Waals surface area contributed by atoms with Crippen molar-refractivity contribution in [3.63, 3.8) is 0 Å². The summed E-state index contributed by atoms with van der Waals surface area (Å²) in [4.78, 5) is 19.2. The molecule has 17 heavy (non-hydrogen) atoms. The van der Waals surface area contributed by atoms with Crippen LogP contribution in [0.25, 0.3) is 0 Å². The molecule has 0 radical (unpaired) electrons. The van der Waals surface area contributed by atoms with Gasteiger partial charge in [-0.25, -0.2) is 9.78 Å². The van der Waals surface area contributed by atoms with Crippen LogP contribution in [0.4, 0.5) is 0 Å². The number of halogens is 1. The van der Waals surface area contributed by atoms with E-state index >= 15 is 0 Å². The number of hydrogen-bond donors (Lipinski definition) is 0. The summed E-state index contributed by atoms with van der Waals surface area (Å²) >= 11 is 5.62. The highest BCUT2D eigenvalue weighted by molar-refractivity contribution is 6.29. The van der Waals surface area contributed by atoms with Crippen LogP contribution in [0, 0.1) is 0 Å². The van der Waals surface area contributed by atoms with E-state index in [0.717, 1.165) is 5.56 Å². The molecule has 0 bridgehead atoms. The van der Waals surface area contributed by atoms with Gasteiger partial charge in [0.25, 0.3) is 0 Å². The first-order valence-electron chi connectivity index (χ1n) is 4.94. The Kier molecular flexibility index (Phi) is 3.67. The van der Waals surface area contributed by atoms with Crippen molar-refractivity contribution in [2.75, 3.05) is 0 Å². The van der Waals surface area contributed by atoms with Gasteiger partial charge >= 0.3 is 5.97 Å². The lowest BCUT2D eigenvalue weighted by Crippen LogP contribution is -2.07. The van der Waals surface area contributed by atoms with E-state index in [-0.39, 0.29) is 17.5 Å². The first kappa shape index (κ1) is 11.5. The fraction of sp³-hybridized carbons (Fsp3) is 0.0833. The molecular formula is C12H9ClN2O2. The molecule has 0 saturated heterocycles. The average molecular weight is 249 g/mol. The van der Waals surface area contributed by atoms with E-state index in [0.29, 0.717) is 0 Å². The number of esters is 1. The van der Waals surface area contributed by atoms with Crippen molar-refractivity contribution in [1.82, 2.24) is 9.97 Å². The molecule has 0 aliphatic rings. The van der Waals surface area contributed by atoms with Crippen molar-refractivity contribution in [3.05, 3.63) is 59.1 Å². The second-order valence-corrected chi connectivity index (χ2v) is 3.68. The maximum Gasteiger partial charge on any atom is 0.358 e. The first-order chi connectivity index (χ1) is 8.25. The molecule has 0 amide bonds. The van der Waals surface area contributed by atoms with Crippen LogP contribution in [-0.2, 0) is 11.3 Å². The molecule has 0 fully saturated rings. The number of nitrogens with zero attached hydrogens (tertiary/aromatic N) is 2. The molecule has 0 spiro atoms. The predicted molar refractivity (Wildman–Crippen MR) is 62.6 cm³/mol. The normalized spacial score (nSPS) is 9.94. The van der Waals surface area contributed by atoms with Crippen molar-refractivity contribution in [2.45, 2.75) is 6.61 Å². The predicted octanol–water partition coefficient (Wildman–Crippen LogP) is 2.49. The number of hydrogen-bond acceptors (Lipinski definition) is 4. The van der Waals surface area contributed by atoms with E-state index in [1.54, 1.807) is 0 Å². The Bertz CT molecular complexity index is 517. The fourth-order valence-corrected chi connectivity index (χ4v) is 1.38. The van der Waals surface area contributed by atoms with Crippen LogP contribution < -0.4 is 0 Å². The second-order valence-electron chi connectivity index (χ2n) is 3.29. The highest BCUT2D eigenvalue weighted by Gasteiger charge is 2.09. The van der Waals surface area contributed by atoms with Crippen LogP contribution in [0.5, 0.6) is 0 Å². The monoisotopic (exact) mass is 248 g/mol. The van der Waals surface area contributed by atoms with Gasteiger partial charge in [0.15, 0.2) is 5.69 Å². The largest absolute Gasteiger partial charge is 0.456 e. The minimum absolute atomic E-state index is 0.105. The van der Waals surface area contributed by atoms with Gasteiger partial charge in [0.1, 0.15) is 11.8 Å². The number of carbonyl (C=O) groups is 1. The fourth-order valence-electron chi connectivity index (χ4n) is 1.24. The lowest BCUT2D eigenvalue weighted by Gasteiger charge is -2.03. The third kappa shape index (κ3) is 3.26. The number of rotatable bonds is 3. The molecular weight excluding hydrogens is 240 g/mol. The van der Waals surface area contributed by atoms with E-state index in [9.17, 15) is 4.79 Å². The topological polar surface area (TPSA) is 52.1 Å². The van der Waals surface area contributed by atoms with Crippen LogP contribution in [0.15, 0.2) is 42.7 Å². The molecule has 2 rings (SSSR count). The van der Waals surface area contributed by atoms with Crippen molar-refractivity contribution < 1.29 is 9.53 Å². The molecule has 0 unspecified atom stereocenters. The molecule has 5 heteroatoms. The van der Waals surface area contributed by atoms with Gasteiger partial charge in [-0.1, -0.05) is 41.9 Å². The molecule has 0 saturated carbocycles. The Labute approximate surface area is 103 Å². The SMILES string of the molecule is O=C(OCc1ccccc1)c1cncc(Cl)n1. The van der Waals surface area contributed by atoms with E-state index < -0.39 is 5.97 Å². The Morgan fingerprint density at radius 2 is 2.00 bits per heavy atom. The van der Waals surface area contributed by atoms with Gasteiger partial charge in [-0.3, -0.25) is 4.98 Å². The Morgan fingerprint density at radius 1 is 1.24 bits per heavy atom. The average Bonchev–Trinajstić information content (AvgIpc) is 2.37. The lowest BCUT2D eigenvalue weighted by atomic mass is 10.2. The molecule has 0 atom stereocenters. The van der Waals surface area contributed by atoms with Gasteiger partial charge in [0.05, 0.1) is 12.4 Å². The number of aromatic nitrogens is 2. The molecule has 0 aliphatic carbocycles. The standard InChI is InChI=1S/C12H9ClN2O2/c13-11-7-14-6-10(15-11)12(16)17-8-9-4-2-1-3-5-9/h1-7H,8H2. The minimum Gasteiger partial charge on any atom is -0.456 e. The summed E-state index contributed by atoms with van der Waals surface area (Å²) < 4.78 is 5.07. The quantitative estimate of drug-likeness (QED) is 0.783. The summed E-state index contributed by atoms with van der Waals surface area (Å²) in [5, 5.41) is 0.166. The third-order valence-corrected chi connectivity index (χ3v) is 2.21. The minimum atomic E-state index is -0.538. The maximum absolute atomic E-state index is 11.6. The van der Waals surface area contributed by atoms with Crippen LogP contribution in [0.3, 0.4) is 0 Å². The third-order valence-electron chi connectivity index (χ3n) is 2.03. The van der Waals surface area contributed by atoms with Crippen molar-refractivity contribution in [1.29, 1.82) is 0 Å². The first-order valence-corrected chi connectivity index (χ1v) is 5.32. The van der Waals surface area contributed by atoms with Gasteiger partial charge in [0.2, 0.25) is 0 Å². The van der Waals surface area contributed by atoms with Crippen molar-refractivity contribution >= 4 is 17.6 Å². The second kappa shape index (κ2) is 5.41. The van der Waals surface area contributed by atoms with Gasteiger partial charge < -0.3 is 4.74 Å². The van der Waals surface area contributed by atoms with E-state index in [4.69, 9.17) is 16.3 Å². The Hall–Kier alpha value is -1.94. The van der Waals surface area contributed by atoms with Crippen LogP contribution >= 0.6 is 11.6 Å². The smallest absolute Gasteiger partial charge is 0.358 e. The summed E-state index contributed by atoms with van der Waals surface area (Å²) in [5.74, 6) is -0.538. The Morgan fingerprint density at radius 3 is 2.71 bits per heavy atom. The Balaban J connectivity index is 1.98. The zero-order valence-electron chi connectivity index (χ0n) is 8.84. The number of benzene rings is 1.